The van der Waals surface area contributed by atoms with E-state index in [1.165, 1.54) is 5.56 Å². The number of aryl methyl sites for hydroxylation is 1. The summed E-state index contributed by atoms with van der Waals surface area (Å²) in [6.07, 6.45) is 6.51. The number of benzene rings is 2. The number of carbonyl (C=O) groups is 2. The fraction of sp³-hybridized carbons (Fsp3) is 0.548. The number of amides is 1. The van der Waals surface area contributed by atoms with Gasteiger partial charge < -0.3 is 19.5 Å². The molecule has 3 atom stereocenters. The number of likely N-dealkylation sites (tertiary alicyclic amines) is 1. The summed E-state index contributed by atoms with van der Waals surface area (Å²) >= 11 is 0. The molecule has 2 aliphatic rings. The van der Waals surface area contributed by atoms with Crippen molar-refractivity contribution in [3.05, 3.63) is 59.7 Å². The first-order valence-electron chi connectivity index (χ1n) is 14.2. The van der Waals surface area contributed by atoms with E-state index >= 15 is 0 Å². The molecule has 1 N–H and O–H groups in total. The Kier molecular flexibility index (Phi) is 10.0. The van der Waals surface area contributed by atoms with Crippen LogP contribution in [0.4, 0.5) is 0 Å². The van der Waals surface area contributed by atoms with Crippen molar-refractivity contribution in [2.45, 2.75) is 70.8 Å². The maximum absolute atomic E-state index is 13.5. The SMILES string of the molecule is CCCCN(CCCC)C(=O)CN1CC(c2ccc3c(c2)OCO3)[C@H](C(=O)O)[C@H]1CCCc1ccccc1. The molecule has 0 saturated carbocycles. The Hall–Kier alpha value is -3.06. The second kappa shape index (κ2) is 13.7. The highest BCUT2D eigenvalue weighted by molar-refractivity contribution is 5.79. The van der Waals surface area contributed by atoms with E-state index in [0.29, 0.717) is 18.0 Å². The molecule has 1 saturated heterocycles. The molecule has 0 aliphatic carbocycles. The minimum Gasteiger partial charge on any atom is -0.481 e. The lowest BCUT2D eigenvalue weighted by atomic mass is 9.83. The summed E-state index contributed by atoms with van der Waals surface area (Å²) < 4.78 is 11.1. The van der Waals surface area contributed by atoms with Crippen molar-refractivity contribution in [3.8, 4) is 11.5 Å². The average molecular weight is 523 g/mol. The topological polar surface area (TPSA) is 79.3 Å². The molecule has 2 aromatic rings. The number of rotatable bonds is 14. The summed E-state index contributed by atoms with van der Waals surface area (Å²) in [6.45, 7) is 6.77. The van der Waals surface area contributed by atoms with Crippen molar-refractivity contribution in [1.82, 2.24) is 9.80 Å². The first-order valence-corrected chi connectivity index (χ1v) is 14.2. The molecule has 1 fully saturated rings. The Morgan fingerprint density at radius 3 is 2.37 bits per heavy atom. The molecule has 38 heavy (non-hydrogen) atoms. The summed E-state index contributed by atoms with van der Waals surface area (Å²) in [5.41, 5.74) is 2.18. The fourth-order valence-electron chi connectivity index (χ4n) is 5.83. The Balaban J connectivity index is 1.55. The highest BCUT2D eigenvalue weighted by Crippen LogP contribution is 2.43. The number of hydrogen-bond acceptors (Lipinski definition) is 5. The van der Waals surface area contributed by atoms with Gasteiger partial charge in [-0.3, -0.25) is 14.5 Å². The molecule has 0 radical (unpaired) electrons. The summed E-state index contributed by atoms with van der Waals surface area (Å²) in [5.74, 6) is -0.175. The van der Waals surface area contributed by atoms with Crippen molar-refractivity contribution >= 4 is 11.9 Å². The van der Waals surface area contributed by atoms with Crippen molar-refractivity contribution in [2.24, 2.45) is 5.92 Å². The van der Waals surface area contributed by atoms with Crippen LogP contribution in [0.25, 0.3) is 0 Å². The van der Waals surface area contributed by atoms with Gasteiger partial charge in [-0.05, 0) is 55.4 Å². The number of nitrogens with zero attached hydrogens (tertiary/aromatic N) is 2. The van der Waals surface area contributed by atoms with Crippen LogP contribution in [0.3, 0.4) is 0 Å². The summed E-state index contributed by atoms with van der Waals surface area (Å²) in [5, 5.41) is 10.4. The van der Waals surface area contributed by atoms with Crippen LogP contribution in [0.1, 0.15) is 69.4 Å². The zero-order valence-corrected chi connectivity index (χ0v) is 22.8. The van der Waals surface area contributed by atoms with Gasteiger partial charge in [-0.2, -0.15) is 0 Å². The molecular weight excluding hydrogens is 480 g/mol. The van der Waals surface area contributed by atoms with Crippen LogP contribution in [0, 0.1) is 5.92 Å². The van der Waals surface area contributed by atoms with E-state index in [1.54, 1.807) is 0 Å². The molecule has 4 rings (SSSR count). The van der Waals surface area contributed by atoms with E-state index in [4.69, 9.17) is 9.47 Å². The molecule has 0 aromatic heterocycles. The van der Waals surface area contributed by atoms with Gasteiger partial charge in [0.15, 0.2) is 11.5 Å². The van der Waals surface area contributed by atoms with Gasteiger partial charge in [0, 0.05) is 31.6 Å². The average Bonchev–Trinajstić information content (AvgIpc) is 3.53. The predicted octanol–water partition coefficient (Wildman–Crippen LogP) is 5.34. The quantitative estimate of drug-likeness (QED) is 0.361. The molecule has 7 heteroatoms. The summed E-state index contributed by atoms with van der Waals surface area (Å²) in [7, 11) is 0. The lowest BCUT2D eigenvalue weighted by Gasteiger charge is -2.30. The van der Waals surface area contributed by atoms with E-state index in [1.807, 2.05) is 41.3 Å². The standard InChI is InChI=1S/C31H42N2O5/c1-3-5-17-32(18-6-4-2)29(34)21-33-20-25(24-15-16-27-28(19-24)38-22-37-27)30(31(35)36)26(33)14-10-13-23-11-8-7-9-12-23/h7-9,11-12,15-16,19,25-26,30H,3-6,10,13-14,17-18,20-22H2,1-2H3,(H,35,36)/t25?,26-,30+/m1/s1. The minimum absolute atomic E-state index is 0.107. The van der Waals surface area contributed by atoms with Crippen molar-refractivity contribution in [2.75, 3.05) is 33.0 Å². The highest BCUT2D eigenvalue weighted by Gasteiger charge is 2.47. The summed E-state index contributed by atoms with van der Waals surface area (Å²) in [6, 6.07) is 15.8. The molecule has 0 bridgehead atoms. The zero-order valence-electron chi connectivity index (χ0n) is 22.8. The summed E-state index contributed by atoms with van der Waals surface area (Å²) in [4.78, 5) is 30.4. The van der Waals surface area contributed by atoms with E-state index in [-0.39, 0.29) is 31.2 Å². The van der Waals surface area contributed by atoms with Gasteiger partial charge in [0.2, 0.25) is 12.7 Å². The molecule has 2 aliphatic heterocycles. The maximum Gasteiger partial charge on any atom is 0.308 e. The van der Waals surface area contributed by atoms with Crippen LogP contribution >= 0.6 is 0 Å². The van der Waals surface area contributed by atoms with E-state index in [9.17, 15) is 14.7 Å². The predicted molar refractivity (Wildman–Crippen MR) is 148 cm³/mol. The Morgan fingerprint density at radius 1 is 0.974 bits per heavy atom. The fourth-order valence-corrected chi connectivity index (χ4v) is 5.83. The number of fused-ring (bicyclic) bond motifs is 1. The maximum atomic E-state index is 13.5. The van der Waals surface area contributed by atoms with Gasteiger partial charge in [0.05, 0.1) is 12.5 Å². The normalized spacial score (nSPS) is 20.5. The second-order valence-electron chi connectivity index (χ2n) is 10.5. The first-order chi connectivity index (χ1) is 18.5. The largest absolute Gasteiger partial charge is 0.481 e. The molecular formula is C31H42N2O5. The number of carboxylic acid groups (broad SMARTS) is 1. The van der Waals surface area contributed by atoms with Crippen molar-refractivity contribution in [3.63, 3.8) is 0 Å². The van der Waals surface area contributed by atoms with Gasteiger partial charge in [-0.1, -0.05) is 63.1 Å². The van der Waals surface area contributed by atoms with Crippen LogP contribution in [-0.4, -0.2) is 65.8 Å². The second-order valence-corrected chi connectivity index (χ2v) is 10.5. The van der Waals surface area contributed by atoms with Crippen LogP contribution in [0.5, 0.6) is 11.5 Å². The zero-order chi connectivity index (χ0) is 26.9. The van der Waals surface area contributed by atoms with E-state index in [0.717, 1.165) is 63.6 Å². The molecule has 7 nitrogen and oxygen atoms in total. The number of aliphatic carboxylic acids is 1. The molecule has 1 unspecified atom stereocenters. The Bertz CT molecular complexity index is 1050. The molecule has 2 aromatic carbocycles. The number of hydrogen-bond donors (Lipinski definition) is 1. The highest BCUT2D eigenvalue weighted by atomic mass is 16.7. The third-order valence-corrected chi connectivity index (χ3v) is 7.92. The Morgan fingerprint density at radius 2 is 1.68 bits per heavy atom. The van der Waals surface area contributed by atoms with E-state index in [2.05, 4.69) is 30.9 Å². The van der Waals surface area contributed by atoms with E-state index < -0.39 is 11.9 Å². The van der Waals surface area contributed by atoms with Gasteiger partial charge in [-0.15, -0.1) is 0 Å². The number of carboxylic acids is 1. The smallest absolute Gasteiger partial charge is 0.308 e. The van der Waals surface area contributed by atoms with Gasteiger partial charge in [0.25, 0.3) is 0 Å². The first kappa shape index (κ1) is 28.0. The van der Waals surface area contributed by atoms with Crippen molar-refractivity contribution in [1.29, 1.82) is 0 Å². The van der Waals surface area contributed by atoms with Gasteiger partial charge in [0.1, 0.15) is 0 Å². The monoisotopic (exact) mass is 522 g/mol. The van der Waals surface area contributed by atoms with Crippen molar-refractivity contribution < 1.29 is 24.2 Å². The van der Waals surface area contributed by atoms with Gasteiger partial charge >= 0.3 is 5.97 Å². The third kappa shape index (κ3) is 6.87. The lowest BCUT2D eigenvalue weighted by molar-refractivity contribution is -0.143. The van der Waals surface area contributed by atoms with Crippen LogP contribution < -0.4 is 9.47 Å². The molecule has 2 heterocycles. The molecule has 206 valence electrons. The number of unbranched alkanes of at least 4 members (excludes halogenated alkanes) is 2. The molecule has 0 spiro atoms. The minimum atomic E-state index is -0.804. The third-order valence-electron chi connectivity index (χ3n) is 7.92. The Labute approximate surface area is 226 Å². The van der Waals surface area contributed by atoms with Crippen LogP contribution in [-0.2, 0) is 16.0 Å². The number of ether oxygens (including phenoxy) is 2. The number of carbonyl (C=O) groups excluding carboxylic acids is 1. The van der Waals surface area contributed by atoms with Gasteiger partial charge in [-0.25, -0.2) is 0 Å². The van der Waals surface area contributed by atoms with Crippen LogP contribution in [0.2, 0.25) is 0 Å². The molecule has 1 amide bonds. The lowest BCUT2D eigenvalue weighted by Crippen LogP contribution is -2.44. The van der Waals surface area contributed by atoms with Crippen LogP contribution in [0.15, 0.2) is 48.5 Å².